The second-order valence-electron chi connectivity index (χ2n) is 11.0. The predicted octanol–water partition coefficient (Wildman–Crippen LogP) is 6.31. The summed E-state index contributed by atoms with van der Waals surface area (Å²) >= 11 is 3.36. The third-order valence-electron chi connectivity index (χ3n) is 7.94. The van der Waals surface area contributed by atoms with Gasteiger partial charge in [-0.15, -0.1) is 0 Å². The standard InChI is InChI=1S/C34H42BrN3O6S/c1-4-32(34(40)36-27-11-7-6-8-12-27)37(23-25-10-9-13-30(22-25)43-3)33(39)24-38(28-16-18-29(19-17-28)44-5-2)45(41,42)31-20-14-26(35)15-21-31/h9-10,13-22,27,32H,4-8,11-12,23-24H2,1-3H3,(H,36,40)/t32-/m0/s1. The van der Waals surface area contributed by atoms with Crippen LogP contribution in [0.25, 0.3) is 0 Å². The molecule has 3 aromatic rings. The van der Waals surface area contributed by atoms with Crippen molar-refractivity contribution in [2.45, 2.75) is 75.9 Å². The van der Waals surface area contributed by atoms with Crippen LogP contribution in [0, 0.1) is 0 Å². The van der Waals surface area contributed by atoms with E-state index in [4.69, 9.17) is 9.47 Å². The van der Waals surface area contributed by atoms with Crippen LogP contribution in [0.1, 0.15) is 57.9 Å². The van der Waals surface area contributed by atoms with Crippen molar-refractivity contribution in [3.8, 4) is 11.5 Å². The number of hydrogen-bond acceptors (Lipinski definition) is 6. The maximum absolute atomic E-state index is 14.4. The molecule has 0 heterocycles. The molecule has 45 heavy (non-hydrogen) atoms. The van der Waals surface area contributed by atoms with Gasteiger partial charge in [0.05, 0.1) is 24.3 Å². The lowest BCUT2D eigenvalue weighted by Crippen LogP contribution is -2.54. The summed E-state index contributed by atoms with van der Waals surface area (Å²) in [6.45, 7) is 3.77. The minimum Gasteiger partial charge on any atom is -0.497 e. The largest absolute Gasteiger partial charge is 0.497 e. The maximum Gasteiger partial charge on any atom is 0.264 e. The van der Waals surface area contributed by atoms with E-state index >= 15 is 0 Å². The number of carbonyl (C=O) groups excluding carboxylic acids is 2. The lowest BCUT2D eigenvalue weighted by Gasteiger charge is -2.34. The Hall–Kier alpha value is -3.57. The molecule has 1 aliphatic carbocycles. The number of anilines is 1. The van der Waals surface area contributed by atoms with E-state index in [0.29, 0.717) is 30.2 Å². The van der Waals surface area contributed by atoms with Crippen LogP contribution in [0.15, 0.2) is 82.2 Å². The number of methoxy groups -OCH3 is 1. The summed E-state index contributed by atoms with van der Waals surface area (Å²) in [5.74, 6) is 0.467. The van der Waals surface area contributed by atoms with Crippen LogP contribution < -0.4 is 19.1 Å². The first kappa shape index (κ1) is 34.3. The van der Waals surface area contributed by atoms with Gasteiger partial charge in [-0.25, -0.2) is 8.42 Å². The highest BCUT2D eigenvalue weighted by molar-refractivity contribution is 9.10. The van der Waals surface area contributed by atoms with Gasteiger partial charge in [0.15, 0.2) is 0 Å². The highest BCUT2D eigenvalue weighted by Gasteiger charge is 2.34. The van der Waals surface area contributed by atoms with Crippen molar-refractivity contribution in [2.75, 3.05) is 24.6 Å². The van der Waals surface area contributed by atoms with Crippen LogP contribution in [0.3, 0.4) is 0 Å². The Morgan fingerprint density at radius 3 is 2.27 bits per heavy atom. The molecule has 1 saturated carbocycles. The number of hydrogen-bond donors (Lipinski definition) is 1. The lowest BCUT2D eigenvalue weighted by atomic mass is 9.95. The highest BCUT2D eigenvalue weighted by Crippen LogP contribution is 2.28. The zero-order valence-electron chi connectivity index (χ0n) is 26.1. The lowest BCUT2D eigenvalue weighted by molar-refractivity contribution is -0.140. The fourth-order valence-corrected chi connectivity index (χ4v) is 7.25. The Morgan fingerprint density at radius 2 is 1.64 bits per heavy atom. The summed E-state index contributed by atoms with van der Waals surface area (Å²) in [6.07, 6.45) is 5.43. The third-order valence-corrected chi connectivity index (χ3v) is 10.3. The maximum atomic E-state index is 14.4. The van der Waals surface area contributed by atoms with E-state index in [-0.39, 0.29) is 23.4 Å². The van der Waals surface area contributed by atoms with Gasteiger partial charge < -0.3 is 19.7 Å². The first-order valence-corrected chi connectivity index (χ1v) is 17.6. The van der Waals surface area contributed by atoms with Gasteiger partial charge in [0.1, 0.15) is 24.1 Å². The molecule has 242 valence electrons. The van der Waals surface area contributed by atoms with E-state index in [1.807, 2.05) is 32.0 Å². The van der Waals surface area contributed by atoms with Crippen molar-refractivity contribution in [3.63, 3.8) is 0 Å². The van der Waals surface area contributed by atoms with Crippen molar-refractivity contribution in [1.82, 2.24) is 10.2 Å². The van der Waals surface area contributed by atoms with Gasteiger partial charge in [-0.2, -0.15) is 0 Å². The molecule has 11 heteroatoms. The van der Waals surface area contributed by atoms with Gasteiger partial charge in [-0.05, 0) is 92.4 Å². The van der Waals surface area contributed by atoms with Gasteiger partial charge in [0.25, 0.3) is 10.0 Å². The van der Waals surface area contributed by atoms with Gasteiger partial charge >= 0.3 is 0 Å². The number of amides is 2. The van der Waals surface area contributed by atoms with Crippen LogP contribution in [0.4, 0.5) is 5.69 Å². The van der Waals surface area contributed by atoms with E-state index in [1.54, 1.807) is 49.6 Å². The Morgan fingerprint density at radius 1 is 0.956 bits per heavy atom. The van der Waals surface area contributed by atoms with Crippen molar-refractivity contribution in [1.29, 1.82) is 0 Å². The highest BCUT2D eigenvalue weighted by atomic mass is 79.9. The Bertz CT molecular complexity index is 1530. The topological polar surface area (TPSA) is 105 Å². The molecule has 0 bridgehead atoms. The molecule has 1 aliphatic rings. The van der Waals surface area contributed by atoms with Gasteiger partial charge in [0.2, 0.25) is 11.8 Å². The van der Waals surface area contributed by atoms with E-state index in [2.05, 4.69) is 21.2 Å². The van der Waals surface area contributed by atoms with Crippen LogP contribution in [-0.2, 0) is 26.2 Å². The molecule has 0 unspecified atom stereocenters. The Labute approximate surface area is 275 Å². The average molecular weight is 701 g/mol. The van der Waals surface area contributed by atoms with Gasteiger partial charge in [-0.3, -0.25) is 13.9 Å². The van der Waals surface area contributed by atoms with Crippen LogP contribution in [-0.4, -0.2) is 57.5 Å². The van der Waals surface area contributed by atoms with Crippen molar-refractivity contribution in [2.24, 2.45) is 0 Å². The number of carbonyl (C=O) groups is 2. The Kier molecular flexibility index (Phi) is 12.3. The molecular weight excluding hydrogens is 658 g/mol. The molecule has 0 spiro atoms. The van der Waals surface area contributed by atoms with E-state index in [9.17, 15) is 18.0 Å². The molecule has 1 N–H and O–H groups in total. The van der Waals surface area contributed by atoms with Crippen LogP contribution in [0.2, 0.25) is 0 Å². The molecular formula is C34H42BrN3O6S. The van der Waals surface area contributed by atoms with Crippen molar-refractivity contribution < 1.29 is 27.5 Å². The monoisotopic (exact) mass is 699 g/mol. The van der Waals surface area contributed by atoms with Crippen molar-refractivity contribution in [3.05, 3.63) is 82.8 Å². The second kappa shape index (κ2) is 16.1. The Balaban J connectivity index is 1.72. The molecule has 3 aromatic carbocycles. The number of nitrogens with zero attached hydrogens (tertiary/aromatic N) is 2. The second-order valence-corrected chi connectivity index (χ2v) is 13.8. The van der Waals surface area contributed by atoms with E-state index < -0.39 is 28.5 Å². The molecule has 0 saturated heterocycles. The molecule has 4 rings (SSSR count). The molecule has 0 aliphatic heterocycles. The van der Waals surface area contributed by atoms with Crippen LogP contribution in [0.5, 0.6) is 11.5 Å². The summed E-state index contributed by atoms with van der Waals surface area (Å²) < 4.78 is 41.0. The fraction of sp³-hybridized carbons (Fsp3) is 0.412. The normalized spacial score (nSPS) is 14.3. The van der Waals surface area contributed by atoms with Gasteiger partial charge in [-0.1, -0.05) is 54.2 Å². The number of ether oxygens (including phenoxy) is 2. The third kappa shape index (κ3) is 9.00. The number of sulfonamides is 1. The molecule has 1 atom stereocenters. The zero-order valence-corrected chi connectivity index (χ0v) is 28.5. The molecule has 2 amide bonds. The summed E-state index contributed by atoms with van der Waals surface area (Å²) in [6, 6.07) is 19.4. The summed E-state index contributed by atoms with van der Waals surface area (Å²) in [7, 11) is -2.61. The molecule has 0 radical (unpaired) electrons. The molecule has 9 nitrogen and oxygen atoms in total. The first-order valence-electron chi connectivity index (χ1n) is 15.4. The quantitative estimate of drug-likeness (QED) is 0.212. The summed E-state index contributed by atoms with van der Waals surface area (Å²) in [4.78, 5) is 29.6. The van der Waals surface area contributed by atoms with E-state index in [0.717, 1.165) is 46.4 Å². The van der Waals surface area contributed by atoms with Crippen LogP contribution >= 0.6 is 15.9 Å². The molecule has 0 aromatic heterocycles. The summed E-state index contributed by atoms with van der Waals surface area (Å²) in [5, 5.41) is 3.17. The smallest absolute Gasteiger partial charge is 0.264 e. The minimum atomic E-state index is -4.18. The minimum absolute atomic E-state index is 0.0359. The average Bonchev–Trinajstić information content (AvgIpc) is 3.04. The SMILES string of the molecule is CCOc1ccc(N(CC(=O)N(Cc2cccc(OC)c2)[C@@H](CC)C(=O)NC2CCCCC2)S(=O)(=O)c2ccc(Br)cc2)cc1. The predicted molar refractivity (Wildman–Crippen MR) is 179 cm³/mol. The van der Waals surface area contributed by atoms with Gasteiger partial charge in [0, 0.05) is 17.1 Å². The van der Waals surface area contributed by atoms with Crippen molar-refractivity contribution >= 4 is 43.5 Å². The zero-order chi connectivity index (χ0) is 32.4. The number of benzene rings is 3. The molecule has 1 fully saturated rings. The van der Waals surface area contributed by atoms with E-state index in [1.165, 1.54) is 17.0 Å². The fourth-order valence-electron chi connectivity index (χ4n) is 5.57. The number of rotatable bonds is 14. The number of nitrogens with one attached hydrogen (secondary N) is 1. The number of halogens is 1. The summed E-state index contributed by atoms with van der Waals surface area (Å²) in [5.41, 5.74) is 1.06. The first-order chi connectivity index (χ1) is 21.7.